The second-order valence-electron chi connectivity index (χ2n) is 6.44. The van der Waals surface area contributed by atoms with Gasteiger partial charge in [-0.05, 0) is 44.9 Å². The summed E-state index contributed by atoms with van der Waals surface area (Å²) in [6, 6.07) is 0.453. The van der Waals surface area contributed by atoms with Crippen molar-refractivity contribution in [1.82, 2.24) is 4.31 Å². The lowest BCUT2D eigenvalue weighted by atomic mass is 9.85. The zero-order valence-corrected chi connectivity index (χ0v) is 12.6. The van der Waals surface area contributed by atoms with Crippen molar-refractivity contribution in [1.29, 1.82) is 0 Å². The smallest absolute Gasteiger partial charge is 0.217 e. The Hall–Kier alpha value is -0.130. The molecule has 5 heteroatoms. The van der Waals surface area contributed by atoms with E-state index in [2.05, 4.69) is 6.92 Å². The van der Waals surface area contributed by atoms with Crippen molar-refractivity contribution < 1.29 is 13.2 Å². The minimum atomic E-state index is -3.15. The lowest BCUT2D eigenvalue weighted by Gasteiger charge is -2.32. The van der Waals surface area contributed by atoms with Crippen LogP contribution in [0.4, 0.5) is 0 Å². The van der Waals surface area contributed by atoms with Gasteiger partial charge in [-0.1, -0.05) is 12.8 Å². The first-order valence-electron chi connectivity index (χ1n) is 7.71. The standard InChI is InChI=1S/C14H25NO3S/c1-11-9-12-5-2-3-7-14(12)15(11)19(16,17)10-13-6-4-8-18-13/h11-14H,2-10H2,1H3. The number of rotatable bonds is 3. The minimum absolute atomic E-state index is 0.0696. The third kappa shape index (κ3) is 2.69. The molecule has 2 heterocycles. The molecule has 0 aromatic heterocycles. The summed E-state index contributed by atoms with van der Waals surface area (Å²) in [6.07, 6.45) is 7.60. The summed E-state index contributed by atoms with van der Waals surface area (Å²) >= 11 is 0. The largest absolute Gasteiger partial charge is 0.377 e. The Labute approximate surface area is 116 Å². The fourth-order valence-electron chi connectivity index (χ4n) is 4.24. The molecule has 2 aliphatic heterocycles. The first-order chi connectivity index (χ1) is 9.08. The molecule has 4 unspecified atom stereocenters. The minimum Gasteiger partial charge on any atom is -0.377 e. The zero-order valence-electron chi connectivity index (χ0n) is 11.8. The van der Waals surface area contributed by atoms with E-state index in [1.54, 1.807) is 0 Å². The third-order valence-corrected chi connectivity index (χ3v) is 7.08. The van der Waals surface area contributed by atoms with Crippen LogP contribution in [0, 0.1) is 5.92 Å². The van der Waals surface area contributed by atoms with Crippen LogP contribution < -0.4 is 0 Å². The van der Waals surface area contributed by atoms with E-state index in [4.69, 9.17) is 4.74 Å². The first kappa shape index (κ1) is 13.8. The van der Waals surface area contributed by atoms with E-state index in [0.717, 1.165) is 32.3 Å². The fraction of sp³-hybridized carbons (Fsp3) is 1.00. The second kappa shape index (κ2) is 5.34. The summed E-state index contributed by atoms with van der Waals surface area (Å²) in [7, 11) is -3.15. The van der Waals surface area contributed by atoms with Crippen LogP contribution in [0.25, 0.3) is 0 Å². The highest BCUT2D eigenvalue weighted by Crippen LogP contribution is 2.41. The summed E-state index contributed by atoms with van der Waals surface area (Å²) in [5.41, 5.74) is 0. The molecule has 4 nitrogen and oxygen atoms in total. The average Bonchev–Trinajstić information content (AvgIpc) is 2.94. The monoisotopic (exact) mass is 287 g/mol. The van der Waals surface area contributed by atoms with E-state index in [1.165, 1.54) is 19.3 Å². The van der Waals surface area contributed by atoms with Crippen molar-refractivity contribution in [2.75, 3.05) is 12.4 Å². The van der Waals surface area contributed by atoms with Gasteiger partial charge in [0.1, 0.15) is 0 Å². The van der Waals surface area contributed by atoms with Crippen LogP contribution in [0.15, 0.2) is 0 Å². The summed E-state index contributed by atoms with van der Waals surface area (Å²) < 4.78 is 32.8. The molecule has 0 N–H and O–H groups in total. The maximum Gasteiger partial charge on any atom is 0.217 e. The molecule has 0 amide bonds. The molecule has 1 saturated carbocycles. The SMILES string of the molecule is CC1CC2CCCCC2N1S(=O)(=O)CC1CCCO1. The van der Waals surface area contributed by atoms with E-state index >= 15 is 0 Å². The normalized spacial score (nSPS) is 40.5. The van der Waals surface area contributed by atoms with E-state index < -0.39 is 10.0 Å². The molecule has 3 fully saturated rings. The number of ether oxygens (including phenoxy) is 1. The summed E-state index contributed by atoms with van der Waals surface area (Å²) in [4.78, 5) is 0. The maximum atomic E-state index is 12.7. The van der Waals surface area contributed by atoms with Gasteiger partial charge in [0.25, 0.3) is 0 Å². The van der Waals surface area contributed by atoms with E-state index in [0.29, 0.717) is 5.92 Å². The summed E-state index contributed by atoms with van der Waals surface area (Å²) in [6.45, 7) is 2.80. The molecule has 3 rings (SSSR count). The predicted molar refractivity (Wildman–Crippen MR) is 74.4 cm³/mol. The van der Waals surface area contributed by atoms with Crippen LogP contribution in [-0.4, -0.2) is 43.3 Å². The molecule has 3 aliphatic rings. The van der Waals surface area contributed by atoms with Gasteiger partial charge in [-0.25, -0.2) is 8.42 Å². The summed E-state index contributed by atoms with van der Waals surface area (Å²) in [5, 5.41) is 0. The number of nitrogens with zero attached hydrogens (tertiary/aromatic N) is 1. The fourth-order valence-corrected chi connectivity index (χ4v) is 6.47. The molecule has 110 valence electrons. The molecular formula is C14H25NO3S. The van der Waals surface area contributed by atoms with Gasteiger partial charge >= 0.3 is 0 Å². The molecule has 0 bridgehead atoms. The van der Waals surface area contributed by atoms with Crippen LogP contribution in [-0.2, 0) is 14.8 Å². The van der Waals surface area contributed by atoms with Gasteiger partial charge in [0, 0.05) is 18.7 Å². The molecule has 0 aromatic carbocycles. The topological polar surface area (TPSA) is 46.6 Å². The van der Waals surface area contributed by atoms with Crippen LogP contribution in [0.3, 0.4) is 0 Å². The summed E-state index contributed by atoms with van der Waals surface area (Å²) in [5.74, 6) is 0.795. The van der Waals surface area contributed by atoms with Crippen molar-refractivity contribution in [2.24, 2.45) is 5.92 Å². The lowest BCUT2D eigenvalue weighted by molar-refractivity contribution is 0.125. The molecule has 19 heavy (non-hydrogen) atoms. The highest BCUT2D eigenvalue weighted by atomic mass is 32.2. The lowest BCUT2D eigenvalue weighted by Crippen LogP contribution is -2.45. The second-order valence-corrected chi connectivity index (χ2v) is 8.36. The van der Waals surface area contributed by atoms with Crippen LogP contribution in [0.2, 0.25) is 0 Å². The van der Waals surface area contributed by atoms with Crippen molar-refractivity contribution in [3.05, 3.63) is 0 Å². The van der Waals surface area contributed by atoms with Gasteiger partial charge in [-0.3, -0.25) is 0 Å². The Balaban J connectivity index is 1.75. The van der Waals surface area contributed by atoms with Crippen LogP contribution in [0.5, 0.6) is 0 Å². The first-order valence-corrected chi connectivity index (χ1v) is 9.31. The molecule has 0 spiro atoms. The van der Waals surface area contributed by atoms with Crippen molar-refractivity contribution in [2.45, 2.75) is 70.1 Å². The Morgan fingerprint density at radius 3 is 2.68 bits per heavy atom. The van der Waals surface area contributed by atoms with Crippen molar-refractivity contribution >= 4 is 10.0 Å². The molecule has 1 aliphatic carbocycles. The van der Waals surface area contributed by atoms with Gasteiger partial charge < -0.3 is 4.74 Å². The molecule has 2 saturated heterocycles. The highest BCUT2D eigenvalue weighted by Gasteiger charge is 2.46. The predicted octanol–water partition coefficient (Wildman–Crippen LogP) is 2.15. The zero-order chi connectivity index (χ0) is 13.5. The molecule has 0 radical (unpaired) electrons. The molecular weight excluding hydrogens is 262 g/mol. The molecule has 4 atom stereocenters. The average molecular weight is 287 g/mol. The quantitative estimate of drug-likeness (QED) is 0.799. The van der Waals surface area contributed by atoms with Crippen LogP contribution >= 0.6 is 0 Å². The van der Waals surface area contributed by atoms with Gasteiger partial charge in [-0.15, -0.1) is 0 Å². The van der Waals surface area contributed by atoms with Crippen molar-refractivity contribution in [3.8, 4) is 0 Å². The Bertz CT molecular complexity index is 416. The number of sulfonamides is 1. The molecule has 0 aromatic rings. The van der Waals surface area contributed by atoms with Gasteiger partial charge in [0.15, 0.2) is 0 Å². The number of hydrogen-bond donors (Lipinski definition) is 0. The van der Waals surface area contributed by atoms with Crippen molar-refractivity contribution in [3.63, 3.8) is 0 Å². The van der Waals surface area contributed by atoms with Gasteiger partial charge in [-0.2, -0.15) is 4.31 Å². The van der Waals surface area contributed by atoms with Gasteiger partial charge in [0.05, 0.1) is 11.9 Å². The van der Waals surface area contributed by atoms with Gasteiger partial charge in [0.2, 0.25) is 10.0 Å². The Morgan fingerprint density at radius 2 is 1.95 bits per heavy atom. The Kier molecular flexibility index (Phi) is 3.89. The number of hydrogen-bond acceptors (Lipinski definition) is 3. The number of fused-ring (bicyclic) bond motifs is 1. The maximum absolute atomic E-state index is 12.7. The van der Waals surface area contributed by atoms with E-state index in [-0.39, 0.29) is 23.9 Å². The Morgan fingerprint density at radius 1 is 1.16 bits per heavy atom. The van der Waals surface area contributed by atoms with E-state index in [9.17, 15) is 8.42 Å². The highest BCUT2D eigenvalue weighted by molar-refractivity contribution is 7.89. The van der Waals surface area contributed by atoms with Crippen LogP contribution in [0.1, 0.15) is 51.9 Å². The third-order valence-electron chi connectivity index (χ3n) is 5.02. The van der Waals surface area contributed by atoms with E-state index in [1.807, 2.05) is 4.31 Å².